The molecule has 3 aromatic heterocycles. The van der Waals surface area contributed by atoms with Gasteiger partial charge in [-0.3, -0.25) is 9.36 Å². The first-order valence-corrected chi connectivity index (χ1v) is 12.0. The molecule has 0 atom stereocenters. The van der Waals surface area contributed by atoms with E-state index in [0.717, 1.165) is 22.3 Å². The zero-order chi connectivity index (χ0) is 23.3. The molecule has 0 bridgehead atoms. The standard InChI is InChI=1S/C23H16FN5O3S2/c24-17-10-5-4-9-16(17)22-26-27-23(29(22)15-7-2-1-3-8-15)34-14-20(30)31-13-19-25-21(28-32-19)18-11-6-12-33-18/h1-12H,13-14H2. The highest BCUT2D eigenvalue weighted by Gasteiger charge is 2.20. The van der Waals surface area contributed by atoms with E-state index in [2.05, 4.69) is 20.3 Å². The van der Waals surface area contributed by atoms with E-state index in [1.807, 2.05) is 47.8 Å². The third-order valence-electron chi connectivity index (χ3n) is 4.65. The quantitative estimate of drug-likeness (QED) is 0.220. The molecular formula is C23H16FN5O3S2. The zero-order valence-electron chi connectivity index (χ0n) is 17.5. The number of carbonyl (C=O) groups is 1. The number of para-hydroxylation sites is 1. The van der Waals surface area contributed by atoms with E-state index in [-0.39, 0.29) is 18.3 Å². The maximum atomic E-state index is 14.5. The number of nitrogens with zero attached hydrogens (tertiary/aromatic N) is 5. The van der Waals surface area contributed by atoms with Crippen molar-refractivity contribution in [2.24, 2.45) is 0 Å². The van der Waals surface area contributed by atoms with E-state index in [1.165, 1.54) is 17.4 Å². The van der Waals surface area contributed by atoms with Gasteiger partial charge in [-0.25, -0.2) is 4.39 Å². The van der Waals surface area contributed by atoms with E-state index in [4.69, 9.17) is 9.26 Å². The van der Waals surface area contributed by atoms with Crippen molar-refractivity contribution in [3.63, 3.8) is 0 Å². The lowest BCUT2D eigenvalue weighted by Gasteiger charge is -2.10. The SMILES string of the molecule is O=C(CSc1nnc(-c2ccccc2F)n1-c1ccccc1)OCc1nc(-c2cccs2)no1. The Bertz CT molecular complexity index is 1400. The molecule has 5 aromatic rings. The zero-order valence-corrected chi connectivity index (χ0v) is 19.1. The summed E-state index contributed by atoms with van der Waals surface area (Å²) in [6.07, 6.45) is 0. The Morgan fingerprint density at radius 3 is 2.68 bits per heavy atom. The van der Waals surface area contributed by atoms with Crippen molar-refractivity contribution in [2.45, 2.75) is 11.8 Å². The second-order valence-corrected chi connectivity index (χ2v) is 8.79. The molecule has 5 rings (SSSR count). The third kappa shape index (κ3) is 4.75. The molecule has 0 aliphatic heterocycles. The lowest BCUT2D eigenvalue weighted by atomic mass is 10.2. The van der Waals surface area contributed by atoms with E-state index >= 15 is 0 Å². The molecule has 0 aliphatic rings. The van der Waals surface area contributed by atoms with Crippen LogP contribution in [0, 0.1) is 5.82 Å². The Labute approximate surface area is 201 Å². The molecule has 0 saturated carbocycles. The Balaban J connectivity index is 1.29. The van der Waals surface area contributed by atoms with Gasteiger partial charge in [-0.05, 0) is 35.7 Å². The van der Waals surface area contributed by atoms with Crippen molar-refractivity contribution in [1.82, 2.24) is 24.9 Å². The molecule has 0 amide bonds. The van der Waals surface area contributed by atoms with Crippen LogP contribution >= 0.6 is 23.1 Å². The lowest BCUT2D eigenvalue weighted by Crippen LogP contribution is -2.09. The van der Waals surface area contributed by atoms with Crippen LogP contribution in [0.3, 0.4) is 0 Å². The second-order valence-electron chi connectivity index (χ2n) is 6.90. The number of rotatable bonds is 8. The van der Waals surface area contributed by atoms with Crippen LogP contribution in [0.2, 0.25) is 0 Å². The molecule has 8 nitrogen and oxygen atoms in total. The molecule has 0 saturated heterocycles. The first-order chi connectivity index (χ1) is 16.7. The van der Waals surface area contributed by atoms with Crippen LogP contribution in [0.25, 0.3) is 27.8 Å². The van der Waals surface area contributed by atoms with Crippen molar-refractivity contribution in [3.8, 4) is 27.8 Å². The number of ether oxygens (including phenoxy) is 1. The van der Waals surface area contributed by atoms with E-state index in [0.29, 0.717) is 22.4 Å². The maximum absolute atomic E-state index is 14.5. The average molecular weight is 494 g/mol. The summed E-state index contributed by atoms with van der Waals surface area (Å²) < 4.78 is 26.6. The van der Waals surface area contributed by atoms with Gasteiger partial charge in [-0.2, -0.15) is 4.98 Å². The van der Waals surface area contributed by atoms with Gasteiger partial charge < -0.3 is 9.26 Å². The number of carbonyl (C=O) groups excluding carboxylic acids is 1. The predicted molar refractivity (Wildman–Crippen MR) is 125 cm³/mol. The van der Waals surface area contributed by atoms with E-state index in [1.54, 1.807) is 22.8 Å². The van der Waals surface area contributed by atoms with Crippen molar-refractivity contribution in [3.05, 3.63) is 83.8 Å². The number of thioether (sulfide) groups is 1. The van der Waals surface area contributed by atoms with Gasteiger partial charge in [0.25, 0.3) is 5.89 Å². The maximum Gasteiger partial charge on any atom is 0.316 e. The van der Waals surface area contributed by atoms with Gasteiger partial charge in [0.05, 0.1) is 16.2 Å². The highest BCUT2D eigenvalue weighted by atomic mass is 32.2. The van der Waals surface area contributed by atoms with Crippen LogP contribution in [-0.4, -0.2) is 36.6 Å². The number of esters is 1. The van der Waals surface area contributed by atoms with Crippen LogP contribution in [0.4, 0.5) is 4.39 Å². The van der Waals surface area contributed by atoms with Crippen LogP contribution in [-0.2, 0) is 16.1 Å². The smallest absolute Gasteiger partial charge is 0.316 e. The Morgan fingerprint density at radius 1 is 1.06 bits per heavy atom. The minimum absolute atomic E-state index is 0.0336. The minimum Gasteiger partial charge on any atom is -0.455 e. The summed E-state index contributed by atoms with van der Waals surface area (Å²) in [5.74, 6) is 0.0596. The van der Waals surface area contributed by atoms with Gasteiger partial charge in [0.2, 0.25) is 5.82 Å². The van der Waals surface area contributed by atoms with Crippen molar-refractivity contribution >= 4 is 29.1 Å². The summed E-state index contributed by atoms with van der Waals surface area (Å²) in [7, 11) is 0. The molecule has 0 N–H and O–H groups in total. The molecule has 0 radical (unpaired) electrons. The molecular weight excluding hydrogens is 477 g/mol. The minimum atomic E-state index is -0.490. The molecule has 2 aromatic carbocycles. The highest BCUT2D eigenvalue weighted by molar-refractivity contribution is 7.99. The third-order valence-corrected chi connectivity index (χ3v) is 6.42. The summed E-state index contributed by atoms with van der Waals surface area (Å²) in [6, 6.07) is 19.4. The van der Waals surface area contributed by atoms with Crippen LogP contribution in [0.1, 0.15) is 5.89 Å². The average Bonchev–Trinajstić information content (AvgIpc) is 3.63. The lowest BCUT2D eigenvalue weighted by molar-refractivity contribution is -0.142. The largest absolute Gasteiger partial charge is 0.455 e. The van der Waals surface area contributed by atoms with E-state index in [9.17, 15) is 9.18 Å². The Kier molecular flexibility index (Phi) is 6.45. The van der Waals surface area contributed by atoms with E-state index < -0.39 is 11.8 Å². The number of hydrogen-bond acceptors (Lipinski definition) is 9. The highest BCUT2D eigenvalue weighted by Crippen LogP contribution is 2.29. The summed E-state index contributed by atoms with van der Waals surface area (Å²) in [6.45, 7) is -0.135. The number of halogens is 1. The van der Waals surface area contributed by atoms with Gasteiger partial charge >= 0.3 is 5.97 Å². The molecule has 34 heavy (non-hydrogen) atoms. The summed E-state index contributed by atoms with van der Waals surface area (Å²) >= 11 is 2.62. The van der Waals surface area contributed by atoms with Crippen LogP contribution in [0.15, 0.2) is 81.8 Å². The molecule has 11 heteroatoms. The molecule has 3 heterocycles. The molecule has 0 spiro atoms. The Hall–Kier alpha value is -3.83. The number of thiophene rings is 1. The Morgan fingerprint density at radius 2 is 1.88 bits per heavy atom. The van der Waals surface area contributed by atoms with Crippen molar-refractivity contribution in [2.75, 3.05) is 5.75 Å². The van der Waals surface area contributed by atoms with Crippen LogP contribution < -0.4 is 0 Å². The molecule has 170 valence electrons. The van der Waals surface area contributed by atoms with Gasteiger partial charge in [-0.1, -0.05) is 53.3 Å². The fourth-order valence-corrected chi connectivity index (χ4v) is 4.52. The fraction of sp³-hybridized carbons (Fsp3) is 0.0870. The number of aromatic nitrogens is 5. The van der Waals surface area contributed by atoms with Gasteiger partial charge in [0, 0.05) is 5.69 Å². The van der Waals surface area contributed by atoms with Gasteiger partial charge in [-0.15, -0.1) is 21.5 Å². The fourth-order valence-electron chi connectivity index (χ4n) is 3.12. The molecule has 0 unspecified atom stereocenters. The summed E-state index contributed by atoms with van der Waals surface area (Å²) in [5, 5.41) is 14.6. The second kappa shape index (κ2) is 9.98. The normalized spacial score (nSPS) is 11.0. The number of benzene rings is 2. The number of hydrogen-bond donors (Lipinski definition) is 0. The van der Waals surface area contributed by atoms with Gasteiger partial charge in [0.15, 0.2) is 17.6 Å². The topological polar surface area (TPSA) is 95.9 Å². The van der Waals surface area contributed by atoms with Crippen LogP contribution in [0.5, 0.6) is 0 Å². The predicted octanol–water partition coefficient (Wildman–Crippen LogP) is 5.02. The van der Waals surface area contributed by atoms with Crippen molar-refractivity contribution < 1.29 is 18.4 Å². The summed E-state index contributed by atoms with van der Waals surface area (Å²) in [5.41, 5.74) is 1.06. The first-order valence-electron chi connectivity index (χ1n) is 10.1. The van der Waals surface area contributed by atoms with Crippen molar-refractivity contribution in [1.29, 1.82) is 0 Å². The van der Waals surface area contributed by atoms with Gasteiger partial charge in [0.1, 0.15) is 5.82 Å². The molecule has 0 aliphatic carbocycles. The summed E-state index contributed by atoms with van der Waals surface area (Å²) in [4.78, 5) is 17.4. The monoisotopic (exact) mass is 493 g/mol. The molecule has 0 fully saturated rings. The first kappa shape index (κ1) is 22.0.